The second kappa shape index (κ2) is 6.12. The van der Waals surface area contributed by atoms with Crippen LogP contribution in [0.1, 0.15) is 21.7 Å². The number of carbonyl (C=O) groups is 1. The van der Waals surface area contributed by atoms with Crippen LogP contribution in [0.2, 0.25) is 0 Å². The molecule has 2 aromatic rings. The van der Waals surface area contributed by atoms with Gasteiger partial charge in [-0.2, -0.15) is 0 Å². The van der Waals surface area contributed by atoms with Crippen LogP contribution in [0.4, 0.5) is 9.80 Å². The number of aliphatic imine (C=N–C) groups is 1. The summed E-state index contributed by atoms with van der Waals surface area (Å²) in [6.45, 7) is 5.33. The SMILES string of the molecule is Cc1sc2c(c1C)C(c1ccccn1)=NCCN2C(=O)N(C)C. The standard InChI is InChI=1S/C17H20N4OS/c1-11-12(2)23-16-14(11)15(13-7-5-6-8-18-13)19-9-10-21(16)17(22)20(3)4/h5-8H,9-10H2,1-4H3. The molecule has 0 spiro atoms. The first-order valence-corrected chi connectivity index (χ1v) is 8.37. The molecular formula is C17H20N4OS. The molecule has 0 radical (unpaired) electrons. The molecule has 0 saturated heterocycles. The molecule has 0 bridgehead atoms. The van der Waals surface area contributed by atoms with E-state index in [9.17, 15) is 4.79 Å². The van der Waals surface area contributed by atoms with Gasteiger partial charge in [-0.25, -0.2) is 4.79 Å². The molecule has 0 aromatic carbocycles. The fourth-order valence-electron chi connectivity index (χ4n) is 2.66. The largest absolute Gasteiger partial charge is 0.330 e. The number of hydrogen-bond donors (Lipinski definition) is 0. The number of nitrogens with zero attached hydrogens (tertiary/aromatic N) is 4. The van der Waals surface area contributed by atoms with Crippen LogP contribution in [0.3, 0.4) is 0 Å². The van der Waals surface area contributed by atoms with Crippen molar-refractivity contribution >= 4 is 28.1 Å². The van der Waals surface area contributed by atoms with Crippen LogP contribution >= 0.6 is 11.3 Å². The predicted octanol–water partition coefficient (Wildman–Crippen LogP) is 3.10. The number of pyridine rings is 1. The fourth-order valence-corrected chi connectivity index (χ4v) is 3.83. The van der Waals surface area contributed by atoms with Crippen LogP contribution in [0.25, 0.3) is 0 Å². The van der Waals surface area contributed by atoms with Crippen molar-refractivity contribution in [2.45, 2.75) is 13.8 Å². The Labute approximate surface area is 140 Å². The van der Waals surface area contributed by atoms with Gasteiger partial charge in [0, 0.05) is 37.3 Å². The zero-order valence-corrected chi connectivity index (χ0v) is 14.6. The first-order valence-electron chi connectivity index (χ1n) is 7.55. The minimum Gasteiger partial charge on any atom is -0.330 e. The first kappa shape index (κ1) is 15.7. The summed E-state index contributed by atoms with van der Waals surface area (Å²) in [7, 11) is 3.56. The Morgan fingerprint density at radius 1 is 1.30 bits per heavy atom. The van der Waals surface area contributed by atoms with Gasteiger partial charge in [0.15, 0.2) is 0 Å². The van der Waals surface area contributed by atoms with Gasteiger partial charge in [-0.05, 0) is 31.5 Å². The van der Waals surface area contributed by atoms with E-state index in [0.29, 0.717) is 13.1 Å². The Hall–Kier alpha value is -2.21. The number of carbonyl (C=O) groups excluding carboxylic acids is 1. The van der Waals surface area contributed by atoms with Crippen LogP contribution in [-0.4, -0.2) is 48.8 Å². The minimum absolute atomic E-state index is 0.00929. The highest BCUT2D eigenvalue weighted by Gasteiger charge is 2.29. The molecule has 3 rings (SSSR count). The molecule has 0 aliphatic carbocycles. The van der Waals surface area contributed by atoms with Gasteiger partial charge in [-0.3, -0.25) is 14.9 Å². The Morgan fingerprint density at radius 2 is 2.09 bits per heavy atom. The molecular weight excluding hydrogens is 308 g/mol. The van der Waals surface area contributed by atoms with E-state index in [1.54, 1.807) is 36.5 Å². The fraction of sp³-hybridized carbons (Fsp3) is 0.353. The average Bonchev–Trinajstić information content (AvgIpc) is 2.73. The molecule has 120 valence electrons. The normalized spacial score (nSPS) is 14.1. The molecule has 0 atom stereocenters. The van der Waals surface area contributed by atoms with Crippen molar-refractivity contribution in [3.05, 3.63) is 46.1 Å². The summed E-state index contributed by atoms with van der Waals surface area (Å²) in [6.07, 6.45) is 1.78. The zero-order chi connectivity index (χ0) is 16.6. The van der Waals surface area contributed by atoms with Crippen molar-refractivity contribution < 1.29 is 4.79 Å². The summed E-state index contributed by atoms with van der Waals surface area (Å²) in [6, 6.07) is 5.82. The van der Waals surface area contributed by atoms with Gasteiger partial charge in [-0.1, -0.05) is 6.07 Å². The van der Waals surface area contributed by atoms with E-state index in [1.165, 1.54) is 10.4 Å². The number of rotatable bonds is 1. The van der Waals surface area contributed by atoms with E-state index >= 15 is 0 Å². The van der Waals surface area contributed by atoms with Crippen LogP contribution in [0.5, 0.6) is 0 Å². The van der Waals surface area contributed by atoms with Crippen molar-refractivity contribution in [3.8, 4) is 0 Å². The lowest BCUT2D eigenvalue weighted by atomic mass is 10.0. The molecule has 0 unspecified atom stereocenters. The average molecular weight is 328 g/mol. The third-order valence-electron chi connectivity index (χ3n) is 3.96. The summed E-state index contributed by atoms with van der Waals surface area (Å²) in [5.74, 6) is 0. The van der Waals surface area contributed by atoms with Crippen LogP contribution < -0.4 is 4.90 Å². The summed E-state index contributed by atoms with van der Waals surface area (Å²) in [5, 5.41) is 0.973. The van der Waals surface area contributed by atoms with Crippen molar-refractivity contribution in [1.82, 2.24) is 9.88 Å². The molecule has 0 fully saturated rings. The Morgan fingerprint density at radius 3 is 2.74 bits per heavy atom. The van der Waals surface area contributed by atoms with E-state index in [4.69, 9.17) is 4.99 Å². The number of aryl methyl sites for hydroxylation is 1. The number of amides is 2. The van der Waals surface area contributed by atoms with E-state index < -0.39 is 0 Å². The lowest BCUT2D eigenvalue weighted by molar-refractivity contribution is 0.224. The molecule has 0 saturated carbocycles. The summed E-state index contributed by atoms with van der Waals surface area (Å²) in [5.41, 5.74) is 3.96. The van der Waals surface area contributed by atoms with Crippen molar-refractivity contribution in [3.63, 3.8) is 0 Å². The molecule has 2 aromatic heterocycles. The first-order chi connectivity index (χ1) is 11.0. The quantitative estimate of drug-likeness (QED) is 0.807. The third kappa shape index (κ3) is 2.74. The second-order valence-corrected chi connectivity index (χ2v) is 6.94. The second-order valence-electron chi connectivity index (χ2n) is 5.74. The Bertz CT molecular complexity index is 764. The maximum atomic E-state index is 12.6. The number of hydrogen-bond acceptors (Lipinski definition) is 4. The summed E-state index contributed by atoms with van der Waals surface area (Å²) < 4.78 is 0. The maximum Gasteiger partial charge on any atom is 0.324 e. The van der Waals surface area contributed by atoms with Gasteiger partial charge in [-0.15, -0.1) is 11.3 Å². The van der Waals surface area contributed by atoms with E-state index in [0.717, 1.165) is 22.0 Å². The molecule has 1 aliphatic rings. The molecule has 5 nitrogen and oxygen atoms in total. The van der Waals surface area contributed by atoms with E-state index in [1.807, 2.05) is 23.1 Å². The lowest BCUT2D eigenvalue weighted by Crippen LogP contribution is -2.40. The zero-order valence-electron chi connectivity index (χ0n) is 13.8. The Kier molecular flexibility index (Phi) is 4.17. The molecule has 3 heterocycles. The van der Waals surface area contributed by atoms with Gasteiger partial charge in [0.25, 0.3) is 0 Å². The highest BCUT2D eigenvalue weighted by Crippen LogP contribution is 2.38. The highest BCUT2D eigenvalue weighted by molar-refractivity contribution is 7.17. The number of anilines is 1. The van der Waals surface area contributed by atoms with Gasteiger partial charge < -0.3 is 4.90 Å². The van der Waals surface area contributed by atoms with Gasteiger partial charge >= 0.3 is 6.03 Å². The molecule has 1 aliphatic heterocycles. The maximum absolute atomic E-state index is 12.6. The molecule has 6 heteroatoms. The molecule has 0 N–H and O–H groups in total. The Balaban J connectivity index is 2.17. The smallest absolute Gasteiger partial charge is 0.324 e. The minimum atomic E-state index is -0.00929. The van der Waals surface area contributed by atoms with Gasteiger partial charge in [0.05, 0.1) is 18.0 Å². The highest BCUT2D eigenvalue weighted by atomic mass is 32.1. The van der Waals surface area contributed by atoms with Crippen molar-refractivity contribution in [2.75, 3.05) is 32.1 Å². The van der Waals surface area contributed by atoms with Crippen molar-refractivity contribution in [2.24, 2.45) is 4.99 Å². The van der Waals surface area contributed by atoms with Gasteiger partial charge in [0.1, 0.15) is 5.00 Å². The van der Waals surface area contributed by atoms with Gasteiger partial charge in [0.2, 0.25) is 0 Å². The number of urea groups is 1. The van der Waals surface area contributed by atoms with Crippen molar-refractivity contribution in [1.29, 1.82) is 0 Å². The molecule has 2 amide bonds. The third-order valence-corrected chi connectivity index (χ3v) is 5.19. The summed E-state index contributed by atoms with van der Waals surface area (Å²) in [4.78, 5) is 26.4. The molecule has 23 heavy (non-hydrogen) atoms. The van der Waals surface area contributed by atoms with Crippen LogP contribution in [0, 0.1) is 13.8 Å². The van der Waals surface area contributed by atoms with E-state index in [-0.39, 0.29) is 6.03 Å². The van der Waals surface area contributed by atoms with Crippen LogP contribution in [-0.2, 0) is 0 Å². The number of thiophene rings is 1. The number of aromatic nitrogens is 1. The van der Waals surface area contributed by atoms with Crippen LogP contribution in [0.15, 0.2) is 29.4 Å². The number of fused-ring (bicyclic) bond motifs is 1. The topological polar surface area (TPSA) is 48.8 Å². The monoisotopic (exact) mass is 328 g/mol. The van der Waals surface area contributed by atoms with E-state index in [2.05, 4.69) is 18.8 Å². The predicted molar refractivity (Wildman–Crippen MR) is 95.0 cm³/mol. The lowest BCUT2D eigenvalue weighted by Gasteiger charge is -2.24. The summed E-state index contributed by atoms with van der Waals surface area (Å²) >= 11 is 1.65.